The van der Waals surface area contributed by atoms with Gasteiger partial charge in [-0.05, 0) is 39.7 Å². The summed E-state index contributed by atoms with van der Waals surface area (Å²) in [5, 5.41) is 2.98. The molecule has 0 saturated carbocycles. The van der Waals surface area contributed by atoms with Crippen molar-refractivity contribution in [3.8, 4) is 0 Å². The van der Waals surface area contributed by atoms with Gasteiger partial charge in [0.2, 0.25) is 0 Å². The Bertz CT molecular complexity index is 720. The first-order valence-electron chi connectivity index (χ1n) is 6.47. The van der Waals surface area contributed by atoms with Crippen LogP contribution in [-0.2, 0) is 0 Å². The van der Waals surface area contributed by atoms with Gasteiger partial charge >= 0.3 is 0 Å². The second kappa shape index (κ2) is 6.01. The zero-order valence-electron chi connectivity index (χ0n) is 11.0. The van der Waals surface area contributed by atoms with E-state index in [-0.39, 0.29) is 11.9 Å². The quantitative estimate of drug-likeness (QED) is 0.754. The molecule has 21 heavy (non-hydrogen) atoms. The highest BCUT2D eigenvalue weighted by molar-refractivity contribution is 9.10. The summed E-state index contributed by atoms with van der Waals surface area (Å²) >= 11 is 3.32. The minimum atomic E-state index is -0.323. The number of nitrogens with one attached hydrogen (secondary N) is 2. The molecule has 0 aliphatic heterocycles. The molecule has 3 aromatic rings. The molecule has 1 amide bonds. The van der Waals surface area contributed by atoms with Gasteiger partial charge in [-0.1, -0.05) is 30.3 Å². The Morgan fingerprint density at radius 1 is 1.19 bits per heavy atom. The maximum Gasteiger partial charge on any atom is 0.268 e. The van der Waals surface area contributed by atoms with E-state index in [2.05, 4.69) is 26.2 Å². The zero-order valence-corrected chi connectivity index (χ0v) is 12.6. The summed E-state index contributed by atoms with van der Waals surface area (Å²) in [6.07, 6.45) is 3.32. The predicted molar refractivity (Wildman–Crippen MR) is 83.0 cm³/mol. The first-order chi connectivity index (χ1) is 10.2. The number of furan rings is 1. The van der Waals surface area contributed by atoms with Crippen molar-refractivity contribution in [2.45, 2.75) is 6.04 Å². The molecular weight excluding hydrogens is 332 g/mol. The van der Waals surface area contributed by atoms with Crippen molar-refractivity contribution in [1.29, 1.82) is 0 Å². The van der Waals surface area contributed by atoms with E-state index in [9.17, 15) is 4.79 Å². The summed E-state index contributed by atoms with van der Waals surface area (Å²) < 4.78 is 6.29. The van der Waals surface area contributed by atoms with E-state index in [0.717, 1.165) is 10.0 Å². The third kappa shape index (κ3) is 3.08. The summed E-state index contributed by atoms with van der Waals surface area (Å²) in [4.78, 5) is 15.2. The summed E-state index contributed by atoms with van der Waals surface area (Å²) in [5.74, 6) is 0.506. The number of amides is 1. The maximum absolute atomic E-state index is 12.3. The lowest BCUT2D eigenvalue weighted by Gasteiger charge is -2.16. The molecule has 2 N–H and O–H groups in total. The standard InChI is InChI=1S/C16H13BrN2O2/c17-12-9-13(18-10-12)16(20)19-15(14-7-4-8-21-14)11-5-2-1-3-6-11/h1-10,15,18H,(H,19,20). The Labute approximate surface area is 130 Å². The molecule has 106 valence electrons. The minimum absolute atomic E-state index is 0.189. The van der Waals surface area contributed by atoms with Gasteiger partial charge in [-0.3, -0.25) is 4.79 Å². The SMILES string of the molecule is O=C(NC(c1ccccc1)c1ccco1)c1cc(Br)c[nH]1. The minimum Gasteiger partial charge on any atom is -0.467 e. The van der Waals surface area contributed by atoms with Crippen molar-refractivity contribution >= 4 is 21.8 Å². The van der Waals surface area contributed by atoms with Crippen LogP contribution >= 0.6 is 15.9 Å². The van der Waals surface area contributed by atoms with Crippen LogP contribution in [0, 0.1) is 0 Å². The number of aromatic nitrogens is 1. The van der Waals surface area contributed by atoms with Crippen LogP contribution in [0.25, 0.3) is 0 Å². The maximum atomic E-state index is 12.3. The number of hydrogen-bond acceptors (Lipinski definition) is 2. The van der Waals surface area contributed by atoms with Crippen LogP contribution in [0.3, 0.4) is 0 Å². The average Bonchev–Trinajstić information content (AvgIpc) is 3.17. The van der Waals surface area contributed by atoms with E-state index in [1.807, 2.05) is 42.5 Å². The number of H-pyrrole nitrogens is 1. The van der Waals surface area contributed by atoms with Crippen LogP contribution in [-0.4, -0.2) is 10.9 Å². The predicted octanol–water partition coefficient (Wildman–Crippen LogP) is 3.89. The van der Waals surface area contributed by atoms with Crippen LogP contribution < -0.4 is 5.32 Å². The van der Waals surface area contributed by atoms with E-state index in [1.54, 1.807) is 18.5 Å². The third-order valence-corrected chi connectivity index (χ3v) is 3.59. The van der Waals surface area contributed by atoms with Crippen molar-refractivity contribution in [3.05, 3.63) is 82.5 Å². The molecule has 2 aromatic heterocycles. The van der Waals surface area contributed by atoms with E-state index in [0.29, 0.717) is 11.5 Å². The smallest absolute Gasteiger partial charge is 0.268 e. The van der Waals surface area contributed by atoms with Crippen LogP contribution in [0.4, 0.5) is 0 Å². The van der Waals surface area contributed by atoms with Crippen molar-refractivity contribution < 1.29 is 9.21 Å². The molecule has 1 unspecified atom stereocenters. The third-order valence-electron chi connectivity index (χ3n) is 3.13. The number of benzene rings is 1. The van der Waals surface area contributed by atoms with Gasteiger partial charge in [0.25, 0.3) is 5.91 Å². The second-order valence-corrected chi connectivity index (χ2v) is 5.48. The van der Waals surface area contributed by atoms with Gasteiger partial charge in [-0.25, -0.2) is 0 Å². The fourth-order valence-electron chi connectivity index (χ4n) is 2.13. The number of rotatable bonds is 4. The van der Waals surface area contributed by atoms with Gasteiger partial charge in [-0.15, -0.1) is 0 Å². The Morgan fingerprint density at radius 3 is 2.62 bits per heavy atom. The fraction of sp³-hybridized carbons (Fsp3) is 0.0625. The van der Waals surface area contributed by atoms with Crippen LogP contribution in [0.1, 0.15) is 27.9 Å². The summed E-state index contributed by atoms with van der Waals surface area (Å²) in [7, 11) is 0. The Kier molecular flexibility index (Phi) is 3.92. The van der Waals surface area contributed by atoms with Gasteiger partial charge in [0.15, 0.2) is 0 Å². The van der Waals surface area contributed by atoms with Crippen molar-refractivity contribution in [2.24, 2.45) is 0 Å². The molecule has 0 radical (unpaired) electrons. The number of aromatic amines is 1. The van der Waals surface area contributed by atoms with Crippen LogP contribution in [0.5, 0.6) is 0 Å². The monoisotopic (exact) mass is 344 g/mol. The molecule has 0 saturated heterocycles. The van der Waals surface area contributed by atoms with E-state index < -0.39 is 0 Å². The molecule has 0 fully saturated rings. The number of carbonyl (C=O) groups is 1. The topological polar surface area (TPSA) is 58.0 Å². The molecule has 0 aliphatic carbocycles. The highest BCUT2D eigenvalue weighted by Gasteiger charge is 2.20. The highest BCUT2D eigenvalue weighted by Crippen LogP contribution is 2.23. The highest BCUT2D eigenvalue weighted by atomic mass is 79.9. The lowest BCUT2D eigenvalue weighted by Crippen LogP contribution is -2.29. The summed E-state index contributed by atoms with van der Waals surface area (Å²) in [6.45, 7) is 0. The van der Waals surface area contributed by atoms with Gasteiger partial charge in [0.05, 0.1) is 6.26 Å². The molecule has 5 heteroatoms. The molecule has 4 nitrogen and oxygen atoms in total. The molecule has 0 bridgehead atoms. The molecule has 3 rings (SSSR count). The Morgan fingerprint density at radius 2 is 2.00 bits per heavy atom. The molecular formula is C16H13BrN2O2. The second-order valence-electron chi connectivity index (χ2n) is 4.56. The Balaban J connectivity index is 1.88. The van der Waals surface area contributed by atoms with Crippen molar-refractivity contribution in [3.63, 3.8) is 0 Å². The first-order valence-corrected chi connectivity index (χ1v) is 7.26. The molecule has 2 heterocycles. The van der Waals surface area contributed by atoms with Crippen LogP contribution in [0.2, 0.25) is 0 Å². The largest absolute Gasteiger partial charge is 0.467 e. The van der Waals surface area contributed by atoms with E-state index in [4.69, 9.17) is 4.42 Å². The van der Waals surface area contributed by atoms with Gasteiger partial charge in [-0.2, -0.15) is 0 Å². The van der Waals surface area contributed by atoms with Crippen LogP contribution in [0.15, 0.2) is 69.9 Å². The lowest BCUT2D eigenvalue weighted by atomic mass is 10.0. The first kappa shape index (κ1) is 13.7. The van der Waals surface area contributed by atoms with Gasteiger partial charge in [0, 0.05) is 10.7 Å². The molecule has 1 atom stereocenters. The lowest BCUT2D eigenvalue weighted by molar-refractivity contribution is 0.0934. The van der Waals surface area contributed by atoms with Gasteiger partial charge < -0.3 is 14.7 Å². The summed E-state index contributed by atoms with van der Waals surface area (Å²) in [5.41, 5.74) is 1.46. The van der Waals surface area contributed by atoms with Crippen molar-refractivity contribution in [1.82, 2.24) is 10.3 Å². The number of halogens is 1. The average molecular weight is 345 g/mol. The number of hydrogen-bond donors (Lipinski definition) is 2. The molecule has 0 spiro atoms. The summed E-state index contributed by atoms with van der Waals surface area (Å²) in [6, 6.07) is 14.8. The molecule has 1 aromatic carbocycles. The van der Waals surface area contributed by atoms with Crippen molar-refractivity contribution in [2.75, 3.05) is 0 Å². The fourth-order valence-corrected chi connectivity index (χ4v) is 2.47. The van der Waals surface area contributed by atoms with E-state index in [1.165, 1.54) is 0 Å². The zero-order chi connectivity index (χ0) is 14.7. The molecule has 0 aliphatic rings. The number of carbonyl (C=O) groups excluding carboxylic acids is 1. The Hall–Kier alpha value is -2.27. The van der Waals surface area contributed by atoms with Gasteiger partial charge in [0.1, 0.15) is 17.5 Å². The van der Waals surface area contributed by atoms with E-state index >= 15 is 0 Å². The normalized spacial score (nSPS) is 12.0.